The minimum absolute atomic E-state index is 0.0912. The van der Waals surface area contributed by atoms with Gasteiger partial charge in [0.15, 0.2) is 0 Å². The molecule has 0 bridgehead atoms. The highest BCUT2D eigenvalue weighted by Gasteiger charge is 2.39. The molecule has 0 aliphatic carbocycles. The van der Waals surface area contributed by atoms with E-state index >= 15 is 0 Å². The van der Waals surface area contributed by atoms with Gasteiger partial charge in [0.25, 0.3) is 0 Å². The lowest BCUT2D eigenvalue weighted by molar-refractivity contribution is 0.152. The first-order chi connectivity index (χ1) is 9.10. The molecule has 1 heterocycles. The number of aliphatic hydroxyl groups is 1. The van der Waals surface area contributed by atoms with Crippen LogP contribution in [-0.4, -0.2) is 29.1 Å². The van der Waals surface area contributed by atoms with Gasteiger partial charge < -0.3 is 10.0 Å². The average molecular weight is 274 g/mol. The molecule has 110 valence electrons. The Bertz CT molecular complexity index is 521. The first-order valence-electron chi connectivity index (χ1n) is 7.24. The SMILES string of the molecule is Cc1ccccc1N1C[C@H](C(C)(C)C)N=C1C(C)(C)O. The molecule has 0 fully saturated rings. The molecule has 0 saturated carbocycles. The molecule has 3 nitrogen and oxygen atoms in total. The Morgan fingerprint density at radius 2 is 1.75 bits per heavy atom. The van der Waals surface area contributed by atoms with E-state index in [4.69, 9.17) is 4.99 Å². The van der Waals surface area contributed by atoms with Crippen molar-refractivity contribution in [3.05, 3.63) is 29.8 Å². The van der Waals surface area contributed by atoms with E-state index in [1.807, 2.05) is 26.0 Å². The zero-order chi connectivity index (χ0) is 15.1. The van der Waals surface area contributed by atoms with Gasteiger partial charge in [-0.15, -0.1) is 0 Å². The number of nitrogens with zero attached hydrogens (tertiary/aromatic N) is 2. The molecule has 1 aromatic carbocycles. The summed E-state index contributed by atoms with van der Waals surface area (Å²) in [6.45, 7) is 13.1. The molecule has 1 aromatic rings. The van der Waals surface area contributed by atoms with Crippen molar-refractivity contribution in [1.29, 1.82) is 0 Å². The highest BCUT2D eigenvalue weighted by atomic mass is 16.3. The minimum atomic E-state index is -0.928. The lowest BCUT2D eigenvalue weighted by Gasteiger charge is -2.30. The molecule has 0 radical (unpaired) electrons. The van der Waals surface area contributed by atoms with E-state index in [1.54, 1.807) is 0 Å². The summed E-state index contributed by atoms with van der Waals surface area (Å²) in [4.78, 5) is 6.99. The monoisotopic (exact) mass is 274 g/mol. The third kappa shape index (κ3) is 2.88. The fourth-order valence-corrected chi connectivity index (χ4v) is 2.55. The first-order valence-corrected chi connectivity index (χ1v) is 7.24. The standard InChI is InChI=1S/C17H26N2O/c1-12-9-7-8-10-13(12)19-11-14(16(2,3)4)18-15(19)17(5,6)20/h7-10,14,20H,11H2,1-6H3/t14-/m1/s1. The summed E-state index contributed by atoms with van der Waals surface area (Å²) in [5.74, 6) is 0.770. The summed E-state index contributed by atoms with van der Waals surface area (Å²) in [6.07, 6.45) is 0. The van der Waals surface area contributed by atoms with E-state index in [2.05, 4.69) is 44.7 Å². The van der Waals surface area contributed by atoms with Crippen LogP contribution in [0.4, 0.5) is 5.69 Å². The van der Waals surface area contributed by atoms with E-state index in [-0.39, 0.29) is 11.5 Å². The predicted molar refractivity (Wildman–Crippen MR) is 85.5 cm³/mol. The highest BCUT2D eigenvalue weighted by Crippen LogP contribution is 2.33. The number of anilines is 1. The van der Waals surface area contributed by atoms with Gasteiger partial charge in [0.1, 0.15) is 11.4 Å². The maximum atomic E-state index is 10.5. The largest absolute Gasteiger partial charge is 0.383 e. The molecule has 1 N–H and O–H groups in total. The third-order valence-corrected chi connectivity index (χ3v) is 3.84. The van der Waals surface area contributed by atoms with Crippen LogP contribution in [0.25, 0.3) is 0 Å². The third-order valence-electron chi connectivity index (χ3n) is 3.84. The maximum absolute atomic E-state index is 10.5. The first kappa shape index (κ1) is 15.0. The molecule has 0 saturated heterocycles. The van der Waals surface area contributed by atoms with Crippen LogP contribution in [0.3, 0.4) is 0 Å². The van der Waals surface area contributed by atoms with Crippen molar-refractivity contribution >= 4 is 11.5 Å². The van der Waals surface area contributed by atoms with Crippen molar-refractivity contribution in [3.63, 3.8) is 0 Å². The molecule has 1 atom stereocenters. The molecule has 1 aliphatic rings. The van der Waals surface area contributed by atoms with Crippen LogP contribution < -0.4 is 4.90 Å². The van der Waals surface area contributed by atoms with E-state index in [9.17, 15) is 5.11 Å². The zero-order valence-corrected chi connectivity index (χ0v) is 13.4. The second kappa shape index (κ2) is 4.88. The van der Waals surface area contributed by atoms with Gasteiger partial charge in [-0.1, -0.05) is 39.0 Å². The van der Waals surface area contributed by atoms with Crippen LogP contribution in [0.15, 0.2) is 29.3 Å². The zero-order valence-electron chi connectivity index (χ0n) is 13.4. The summed E-state index contributed by atoms with van der Waals surface area (Å²) in [5.41, 5.74) is 1.51. The molecule has 1 aliphatic heterocycles. The number of hydrogen-bond acceptors (Lipinski definition) is 3. The Labute approximate surface area is 122 Å². The number of amidine groups is 1. The number of para-hydroxylation sites is 1. The Balaban J connectivity index is 2.44. The molecule has 0 spiro atoms. The Kier molecular flexibility index (Phi) is 3.67. The molecular weight excluding hydrogens is 248 g/mol. The summed E-state index contributed by atoms with van der Waals surface area (Å²) in [7, 11) is 0. The van der Waals surface area contributed by atoms with Crippen LogP contribution in [0.2, 0.25) is 0 Å². The van der Waals surface area contributed by atoms with Crippen LogP contribution in [0.1, 0.15) is 40.2 Å². The Hall–Kier alpha value is -1.35. The fraction of sp³-hybridized carbons (Fsp3) is 0.588. The van der Waals surface area contributed by atoms with Crippen molar-refractivity contribution in [3.8, 4) is 0 Å². The quantitative estimate of drug-likeness (QED) is 0.897. The van der Waals surface area contributed by atoms with Crippen molar-refractivity contribution in [1.82, 2.24) is 0 Å². The van der Waals surface area contributed by atoms with Crippen LogP contribution in [0, 0.1) is 12.3 Å². The summed E-state index contributed by atoms with van der Waals surface area (Å²) < 4.78 is 0. The van der Waals surface area contributed by atoms with Crippen LogP contribution in [0.5, 0.6) is 0 Å². The maximum Gasteiger partial charge on any atom is 0.136 e. The highest BCUT2D eigenvalue weighted by molar-refractivity contribution is 6.05. The fourth-order valence-electron chi connectivity index (χ4n) is 2.55. The smallest absolute Gasteiger partial charge is 0.136 e. The van der Waals surface area contributed by atoms with E-state index in [0.717, 1.165) is 18.1 Å². The van der Waals surface area contributed by atoms with Gasteiger partial charge in [0.05, 0.1) is 6.04 Å². The van der Waals surface area contributed by atoms with Gasteiger partial charge in [0.2, 0.25) is 0 Å². The van der Waals surface area contributed by atoms with Crippen molar-refractivity contribution in [2.45, 2.75) is 53.2 Å². The topological polar surface area (TPSA) is 35.8 Å². The average Bonchev–Trinajstić information content (AvgIpc) is 2.73. The number of rotatable bonds is 2. The molecule has 0 amide bonds. The molecule has 3 heteroatoms. The number of benzene rings is 1. The van der Waals surface area contributed by atoms with Gasteiger partial charge in [-0.25, -0.2) is 0 Å². The molecule has 20 heavy (non-hydrogen) atoms. The Morgan fingerprint density at radius 1 is 1.15 bits per heavy atom. The number of aliphatic imine (C=N–C) groups is 1. The Morgan fingerprint density at radius 3 is 2.25 bits per heavy atom. The summed E-state index contributed by atoms with van der Waals surface area (Å²) in [6, 6.07) is 8.47. The van der Waals surface area contributed by atoms with E-state index in [1.165, 1.54) is 5.56 Å². The predicted octanol–water partition coefficient (Wildman–Crippen LogP) is 3.40. The van der Waals surface area contributed by atoms with Gasteiger partial charge in [0, 0.05) is 12.2 Å². The van der Waals surface area contributed by atoms with Gasteiger partial charge in [-0.05, 0) is 37.8 Å². The molecular formula is C17H26N2O. The second-order valence-corrected chi connectivity index (χ2v) is 7.29. The van der Waals surface area contributed by atoms with Crippen LogP contribution in [-0.2, 0) is 0 Å². The second-order valence-electron chi connectivity index (χ2n) is 7.29. The normalized spacial score (nSPS) is 20.2. The van der Waals surface area contributed by atoms with E-state index < -0.39 is 5.60 Å². The van der Waals surface area contributed by atoms with Gasteiger partial charge >= 0.3 is 0 Å². The molecule has 2 rings (SSSR count). The number of hydrogen-bond donors (Lipinski definition) is 1. The van der Waals surface area contributed by atoms with Gasteiger partial charge in [-0.2, -0.15) is 0 Å². The lowest BCUT2D eigenvalue weighted by atomic mass is 9.87. The van der Waals surface area contributed by atoms with Crippen molar-refractivity contribution < 1.29 is 5.11 Å². The van der Waals surface area contributed by atoms with Crippen molar-refractivity contribution in [2.75, 3.05) is 11.4 Å². The molecule has 0 unspecified atom stereocenters. The van der Waals surface area contributed by atoms with Crippen LogP contribution >= 0.6 is 0 Å². The van der Waals surface area contributed by atoms with E-state index in [0.29, 0.717) is 0 Å². The van der Waals surface area contributed by atoms with Gasteiger partial charge in [-0.3, -0.25) is 4.99 Å². The summed E-state index contributed by atoms with van der Waals surface area (Å²) >= 11 is 0. The lowest BCUT2D eigenvalue weighted by Crippen LogP contribution is -2.43. The number of aryl methyl sites for hydroxylation is 1. The minimum Gasteiger partial charge on any atom is -0.383 e. The summed E-state index contributed by atoms with van der Waals surface area (Å²) in [5, 5.41) is 10.5. The van der Waals surface area contributed by atoms with Crippen molar-refractivity contribution in [2.24, 2.45) is 10.4 Å². The molecule has 0 aromatic heterocycles.